The van der Waals surface area contributed by atoms with Crippen LogP contribution in [0.2, 0.25) is 0 Å². The highest BCUT2D eigenvalue weighted by atomic mass is 16.5. The summed E-state index contributed by atoms with van der Waals surface area (Å²) in [5, 5.41) is 12.1. The molecular formula is C15H28N2O4. The van der Waals surface area contributed by atoms with Gasteiger partial charge < -0.3 is 20.1 Å². The van der Waals surface area contributed by atoms with Crippen molar-refractivity contribution in [2.75, 3.05) is 26.8 Å². The van der Waals surface area contributed by atoms with Crippen molar-refractivity contribution in [3.05, 3.63) is 0 Å². The molecular weight excluding hydrogens is 272 g/mol. The van der Waals surface area contributed by atoms with E-state index in [9.17, 15) is 9.59 Å². The Morgan fingerprint density at radius 2 is 2.14 bits per heavy atom. The molecule has 1 saturated carbocycles. The molecule has 2 amide bonds. The number of carboxylic acid groups (broad SMARTS) is 1. The molecule has 1 fully saturated rings. The first kappa shape index (κ1) is 17.8. The number of nitrogens with zero attached hydrogens (tertiary/aromatic N) is 1. The predicted octanol–water partition coefficient (Wildman–Crippen LogP) is 1.94. The summed E-state index contributed by atoms with van der Waals surface area (Å²) in [6, 6.07) is 0.0106. The lowest BCUT2D eigenvalue weighted by Crippen LogP contribution is -2.47. The first-order valence-electron chi connectivity index (χ1n) is 7.77. The van der Waals surface area contributed by atoms with E-state index in [-0.39, 0.29) is 23.9 Å². The second-order valence-electron chi connectivity index (χ2n) is 5.77. The molecule has 1 aliphatic carbocycles. The molecule has 1 rings (SSSR count). The van der Waals surface area contributed by atoms with Crippen LogP contribution in [0.4, 0.5) is 4.79 Å². The van der Waals surface area contributed by atoms with Gasteiger partial charge in [0.25, 0.3) is 0 Å². The summed E-state index contributed by atoms with van der Waals surface area (Å²) in [7, 11) is 1.61. The van der Waals surface area contributed by atoms with Crippen LogP contribution in [-0.4, -0.2) is 54.9 Å². The van der Waals surface area contributed by atoms with Crippen LogP contribution in [0, 0.1) is 11.8 Å². The Bertz CT molecular complexity index is 349. The number of urea groups is 1. The summed E-state index contributed by atoms with van der Waals surface area (Å²) in [4.78, 5) is 25.2. The number of rotatable bonds is 8. The number of hydrogen-bond donors (Lipinski definition) is 2. The Morgan fingerprint density at radius 3 is 2.71 bits per heavy atom. The quantitative estimate of drug-likeness (QED) is 0.718. The predicted molar refractivity (Wildman–Crippen MR) is 80.2 cm³/mol. The maximum absolute atomic E-state index is 12.3. The third-order valence-corrected chi connectivity index (χ3v) is 4.41. The molecule has 0 spiro atoms. The van der Waals surface area contributed by atoms with Gasteiger partial charge in [0.05, 0.1) is 12.5 Å². The van der Waals surface area contributed by atoms with Gasteiger partial charge in [-0.2, -0.15) is 0 Å². The van der Waals surface area contributed by atoms with Crippen LogP contribution < -0.4 is 5.32 Å². The molecule has 0 radical (unpaired) electrons. The van der Waals surface area contributed by atoms with E-state index in [4.69, 9.17) is 9.84 Å². The number of aliphatic carboxylic acids is 1. The molecule has 6 nitrogen and oxygen atoms in total. The van der Waals surface area contributed by atoms with Gasteiger partial charge in [-0.3, -0.25) is 4.79 Å². The third kappa shape index (κ3) is 5.19. The molecule has 1 aliphatic rings. The van der Waals surface area contributed by atoms with Crippen LogP contribution in [0.3, 0.4) is 0 Å². The highest BCUT2D eigenvalue weighted by Crippen LogP contribution is 2.31. The summed E-state index contributed by atoms with van der Waals surface area (Å²) < 4.78 is 5.04. The molecule has 3 unspecified atom stereocenters. The number of hydrogen-bond acceptors (Lipinski definition) is 3. The summed E-state index contributed by atoms with van der Waals surface area (Å²) in [6.07, 6.45) is 3.39. The zero-order valence-corrected chi connectivity index (χ0v) is 13.3. The SMILES string of the molecule is CCC(C)N(CCOC)C(=O)NCC1CCCC1C(=O)O. The van der Waals surface area contributed by atoms with E-state index in [2.05, 4.69) is 5.32 Å². The van der Waals surface area contributed by atoms with Crippen molar-refractivity contribution in [1.29, 1.82) is 0 Å². The van der Waals surface area contributed by atoms with Crippen molar-refractivity contribution in [3.8, 4) is 0 Å². The maximum atomic E-state index is 12.3. The lowest BCUT2D eigenvalue weighted by molar-refractivity contribution is -0.142. The van der Waals surface area contributed by atoms with Crippen LogP contribution in [0.5, 0.6) is 0 Å². The summed E-state index contributed by atoms with van der Waals surface area (Å²) >= 11 is 0. The molecule has 0 aromatic carbocycles. The molecule has 21 heavy (non-hydrogen) atoms. The van der Waals surface area contributed by atoms with Crippen molar-refractivity contribution >= 4 is 12.0 Å². The van der Waals surface area contributed by atoms with E-state index in [1.54, 1.807) is 12.0 Å². The third-order valence-electron chi connectivity index (χ3n) is 4.41. The standard InChI is InChI=1S/C15H28N2O4/c1-4-11(2)17(8-9-21-3)15(20)16-10-12-6-5-7-13(12)14(18)19/h11-13H,4-10H2,1-3H3,(H,16,20)(H,18,19). The zero-order valence-electron chi connectivity index (χ0n) is 13.3. The fourth-order valence-corrected chi connectivity index (χ4v) is 2.86. The largest absolute Gasteiger partial charge is 0.481 e. The average molecular weight is 300 g/mol. The second-order valence-corrected chi connectivity index (χ2v) is 5.77. The Balaban J connectivity index is 2.50. The smallest absolute Gasteiger partial charge is 0.317 e. The lowest BCUT2D eigenvalue weighted by atomic mass is 9.96. The van der Waals surface area contributed by atoms with E-state index in [0.717, 1.165) is 19.3 Å². The monoisotopic (exact) mass is 300 g/mol. The lowest BCUT2D eigenvalue weighted by Gasteiger charge is -2.29. The molecule has 3 atom stereocenters. The van der Waals surface area contributed by atoms with Gasteiger partial charge in [0.2, 0.25) is 0 Å². The Labute approximate surface area is 126 Å². The van der Waals surface area contributed by atoms with Gasteiger partial charge >= 0.3 is 12.0 Å². The number of carboxylic acids is 1. The first-order chi connectivity index (χ1) is 10.0. The van der Waals surface area contributed by atoms with Crippen molar-refractivity contribution in [2.45, 2.75) is 45.6 Å². The minimum atomic E-state index is -0.745. The van der Waals surface area contributed by atoms with Gasteiger partial charge in [-0.05, 0) is 32.1 Å². The van der Waals surface area contributed by atoms with Gasteiger partial charge in [-0.15, -0.1) is 0 Å². The Kier molecular flexibility index (Phi) is 7.50. The summed E-state index contributed by atoms with van der Waals surface area (Å²) in [6.45, 7) is 5.53. The molecule has 122 valence electrons. The minimum absolute atomic E-state index is 0.0488. The number of amides is 2. The highest BCUT2D eigenvalue weighted by molar-refractivity contribution is 5.75. The number of nitrogens with one attached hydrogen (secondary N) is 1. The summed E-state index contributed by atoms with van der Waals surface area (Å²) in [5.74, 6) is -1.01. The second kappa shape index (κ2) is 8.87. The molecule has 0 aromatic heterocycles. The average Bonchev–Trinajstić information content (AvgIpc) is 2.93. The highest BCUT2D eigenvalue weighted by Gasteiger charge is 2.33. The van der Waals surface area contributed by atoms with Gasteiger partial charge in [-0.25, -0.2) is 4.79 Å². The van der Waals surface area contributed by atoms with Crippen molar-refractivity contribution in [3.63, 3.8) is 0 Å². The molecule has 0 saturated heterocycles. The van der Waals surface area contributed by atoms with Gasteiger partial charge in [0, 0.05) is 26.2 Å². The first-order valence-corrected chi connectivity index (χ1v) is 7.77. The molecule has 0 heterocycles. The fourth-order valence-electron chi connectivity index (χ4n) is 2.86. The van der Waals surface area contributed by atoms with Crippen molar-refractivity contribution in [1.82, 2.24) is 10.2 Å². The normalized spacial score (nSPS) is 22.8. The Morgan fingerprint density at radius 1 is 1.43 bits per heavy atom. The number of ether oxygens (including phenoxy) is 1. The Hall–Kier alpha value is -1.30. The zero-order chi connectivity index (χ0) is 15.8. The van der Waals surface area contributed by atoms with Crippen molar-refractivity contribution in [2.24, 2.45) is 11.8 Å². The van der Waals surface area contributed by atoms with Crippen LogP contribution in [0.1, 0.15) is 39.5 Å². The van der Waals surface area contributed by atoms with E-state index < -0.39 is 5.97 Å². The van der Waals surface area contributed by atoms with Crippen LogP contribution in [0.15, 0.2) is 0 Å². The molecule has 6 heteroatoms. The van der Waals surface area contributed by atoms with Crippen LogP contribution in [-0.2, 0) is 9.53 Å². The van der Waals surface area contributed by atoms with E-state index in [1.807, 2.05) is 13.8 Å². The van der Waals surface area contributed by atoms with E-state index >= 15 is 0 Å². The summed E-state index contributed by atoms with van der Waals surface area (Å²) in [5.41, 5.74) is 0. The maximum Gasteiger partial charge on any atom is 0.317 e. The molecule has 2 N–H and O–H groups in total. The van der Waals surface area contributed by atoms with Gasteiger partial charge in [-0.1, -0.05) is 13.3 Å². The number of methoxy groups -OCH3 is 1. The molecule has 0 aliphatic heterocycles. The van der Waals surface area contributed by atoms with E-state index in [1.165, 1.54) is 0 Å². The number of carbonyl (C=O) groups is 2. The van der Waals surface area contributed by atoms with Crippen LogP contribution >= 0.6 is 0 Å². The van der Waals surface area contributed by atoms with Crippen molar-refractivity contribution < 1.29 is 19.4 Å². The van der Waals surface area contributed by atoms with Crippen LogP contribution in [0.25, 0.3) is 0 Å². The fraction of sp³-hybridized carbons (Fsp3) is 0.867. The van der Waals surface area contributed by atoms with Gasteiger partial charge in [0.1, 0.15) is 0 Å². The molecule has 0 aromatic rings. The molecule has 0 bridgehead atoms. The van der Waals surface area contributed by atoms with Gasteiger partial charge in [0.15, 0.2) is 0 Å². The topological polar surface area (TPSA) is 78.9 Å². The van der Waals surface area contributed by atoms with E-state index in [0.29, 0.717) is 26.1 Å². The number of carbonyl (C=O) groups excluding carboxylic acids is 1. The minimum Gasteiger partial charge on any atom is -0.481 e.